The van der Waals surface area contributed by atoms with Crippen LogP contribution in [0.2, 0.25) is 0 Å². The van der Waals surface area contributed by atoms with E-state index in [0.717, 1.165) is 29.4 Å². The van der Waals surface area contributed by atoms with Gasteiger partial charge in [0.1, 0.15) is 6.10 Å². The van der Waals surface area contributed by atoms with Gasteiger partial charge in [-0.15, -0.1) is 0 Å². The normalized spacial score (nSPS) is 17.9. The summed E-state index contributed by atoms with van der Waals surface area (Å²) in [5.41, 5.74) is 1.23. The highest BCUT2D eigenvalue weighted by Crippen LogP contribution is 2.31. The van der Waals surface area contributed by atoms with Gasteiger partial charge in [0.05, 0.1) is 6.61 Å². The average Bonchev–Trinajstić information content (AvgIpc) is 3.39. The lowest BCUT2D eigenvalue weighted by molar-refractivity contribution is 0.0932. The Balaban J connectivity index is 1.54. The van der Waals surface area contributed by atoms with E-state index >= 15 is 0 Å². The molecule has 1 saturated heterocycles. The van der Waals surface area contributed by atoms with Crippen molar-refractivity contribution in [2.75, 3.05) is 26.9 Å². The number of nitrogens with zero attached hydrogens (tertiary/aromatic N) is 1. The molecule has 1 fully saturated rings. The highest BCUT2D eigenvalue weighted by Gasteiger charge is 2.23. The second-order valence-electron chi connectivity index (χ2n) is 6.74. The molecule has 1 amide bonds. The van der Waals surface area contributed by atoms with Gasteiger partial charge < -0.3 is 19.3 Å². The molecule has 0 radical (unpaired) electrons. The number of hydrogen-bond acceptors (Lipinski definition) is 5. The van der Waals surface area contributed by atoms with Crippen molar-refractivity contribution in [2.45, 2.75) is 12.5 Å². The first-order chi connectivity index (χ1) is 13.3. The Morgan fingerprint density at radius 1 is 1.30 bits per heavy atom. The number of methoxy groups -OCH3 is 1. The summed E-state index contributed by atoms with van der Waals surface area (Å²) in [5, 5.41) is 9.03. The van der Waals surface area contributed by atoms with Crippen molar-refractivity contribution in [1.82, 2.24) is 10.5 Å². The van der Waals surface area contributed by atoms with Gasteiger partial charge in [-0.2, -0.15) is 0 Å². The molecule has 0 saturated carbocycles. The van der Waals surface area contributed by atoms with E-state index in [9.17, 15) is 4.79 Å². The van der Waals surface area contributed by atoms with E-state index in [4.69, 9.17) is 14.0 Å². The zero-order valence-corrected chi connectivity index (χ0v) is 15.2. The second kappa shape index (κ2) is 7.90. The Kier molecular flexibility index (Phi) is 5.18. The molecule has 2 aromatic carbocycles. The van der Waals surface area contributed by atoms with E-state index in [0.29, 0.717) is 24.8 Å². The molecule has 1 N–H and O–H groups in total. The minimum Gasteiger partial charge on any atom is -0.381 e. The van der Waals surface area contributed by atoms with Crippen molar-refractivity contribution in [3.8, 4) is 0 Å². The number of benzene rings is 2. The van der Waals surface area contributed by atoms with Crippen LogP contribution >= 0.6 is 0 Å². The molecule has 0 aliphatic carbocycles. The summed E-state index contributed by atoms with van der Waals surface area (Å²) in [6.07, 6.45) is 0.533. The van der Waals surface area contributed by atoms with Gasteiger partial charge in [0.2, 0.25) is 0 Å². The molecule has 0 spiro atoms. The van der Waals surface area contributed by atoms with Crippen molar-refractivity contribution in [3.63, 3.8) is 0 Å². The highest BCUT2D eigenvalue weighted by molar-refractivity contribution is 5.92. The molecule has 2 unspecified atom stereocenters. The summed E-state index contributed by atoms with van der Waals surface area (Å²) in [5.74, 6) is 0.621. The maximum absolute atomic E-state index is 12.4. The molecular weight excluding hydrogens is 344 g/mol. The number of rotatable bonds is 6. The number of fused-ring (bicyclic) bond motifs is 1. The first-order valence-electron chi connectivity index (χ1n) is 9.09. The van der Waals surface area contributed by atoms with Gasteiger partial charge in [0.15, 0.2) is 11.5 Å². The van der Waals surface area contributed by atoms with E-state index in [2.05, 4.69) is 22.6 Å². The van der Waals surface area contributed by atoms with Gasteiger partial charge in [-0.3, -0.25) is 4.79 Å². The molecular formula is C21H22N2O4. The van der Waals surface area contributed by atoms with Crippen LogP contribution in [0.25, 0.3) is 10.8 Å². The Hall–Kier alpha value is -2.70. The van der Waals surface area contributed by atoms with Gasteiger partial charge in [-0.05, 0) is 22.8 Å². The Labute approximate surface area is 157 Å². The van der Waals surface area contributed by atoms with Crippen molar-refractivity contribution < 1.29 is 18.8 Å². The summed E-state index contributed by atoms with van der Waals surface area (Å²) >= 11 is 0. The number of hydrogen-bond donors (Lipinski definition) is 1. The van der Waals surface area contributed by atoms with Gasteiger partial charge in [-0.1, -0.05) is 47.6 Å². The quantitative estimate of drug-likeness (QED) is 0.724. The lowest BCUT2D eigenvalue weighted by Crippen LogP contribution is -2.29. The van der Waals surface area contributed by atoms with E-state index < -0.39 is 6.10 Å². The molecule has 1 aliphatic rings. The summed E-state index contributed by atoms with van der Waals surface area (Å²) in [6.45, 7) is 2.03. The van der Waals surface area contributed by atoms with Crippen LogP contribution in [0.15, 0.2) is 53.1 Å². The molecule has 6 heteroatoms. The van der Waals surface area contributed by atoms with E-state index in [-0.39, 0.29) is 11.6 Å². The first-order valence-corrected chi connectivity index (χ1v) is 9.09. The summed E-state index contributed by atoms with van der Waals surface area (Å²) < 4.78 is 16.5. The molecule has 140 valence electrons. The van der Waals surface area contributed by atoms with Crippen LogP contribution < -0.4 is 5.32 Å². The number of nitrogens with one attached hydrogen (secondary N) is 1. The number of ether oxygens (including phenoxy) is 2. The monoisotopic (exact) mass is 366 g/mol. The minimum absolute atomic E-state index is 0.246. The fraction of sp³-hybridized carbons (Fsp3) is 0.333. The number of carbonyl (C=O) groups excluding carboxylic acids is 1. The van der Waals surface area contributed by atoms with Crippen LogP contribution in [0, 0.1) is 5.92 Å². The maximum atomic E-state index is 12.4. The van der Waals surface area contributed by atoms with E-state index in [1.54, 1.807) is 13.2 Å². The lowest BCUT2D eigenvalue weighted by Gasteiger charge is -2.15. The fourth-order valence-corrected chi connectivity index (χ4v) is 3.47. The molecule has 1 aromatic heterocycles. The average molecular weight is 366 g/mol. The van der Waals surface area contributed by atoms with E-state index in [1.165, 1.54) is 0 Å². The van der Waals surface area contributed by atoms with Crippen LogP contribution in [0.3, 0.4) is 0 Å². The fourth-order valence-electron chi connectivity index (χ4n) is 3.47. The summed E-state index contributed by atoms with van der Waals surface area (Å²) in [4.78, 5) is 12.4. The zero-order valence-electron chi connectivity index (χ0n) is 15.2. The molecule has 2 heterocycles. The molecule has 1 aliphatic heterocycles. The molecule has 6 nitrogen and oxygen atoms in total. The van der Waals surface area contributed by atoms with Crippen LogP contribution in [-0.4, -0.2) is 37.9 Å². The molecule has 0 bridgehead atoms. The predicted octanol–water partition coefficient (Wildman–Crippen LogP) is 3.33. The Morgan fingerprint density at radius 3 is 2.96 bits per heavy atom. The van der Waals surface area contributed by atoms with Crippen LogP contribution in [-0.2, 0) is 9.47 Å². The van der Waals surface area contributed by atoms with Crippen LogP contribution in [0.1, 0.15) is 34.3 Å². The molecule has 27 heavy (non-hydrogen) atoms. The number of aromatic nitrogens is 1. The maximum Gasteiger partial charge on any atom is 0.273 e. The van der Waals surface area contributed by atoms with Crippen molar-refractivity contribution in [3.05, 3.63) is 65.5 Å². The third-order valence-corrected chi connectivity index (χ3v) is 4.94. The number of carbonyl (C=O) groups is 1. The summed E-state index contributed by atoms with van der Waals surface area (Å²) in [6, 6.07) is 15.8. The standard InChI is InChI=1S/C21H22N2O4/c1-25-20(17-8-4-6-15-5-2-3-7-16(15)17)19-11-18(23-27-19)21(24)22-12-14-9-10-26-13-14/h2-8,11,14,20H,9-10,12-13H2,1H3,(H,22,24). The largest absolute Gasteiger partial charge is 0.381 e. The third kappa shape index (κ3) is 3.72. The zero-order chi connectivity index (χ0) is 18.6. The SMILES string of the molecule is COC(c1cc(C(=O)NCC2CCOC2)no1)c1cccc2ccccc12. The molecule has 2 atom stereocenters. The topological polar surface area (TPSA) is 73.6 Å². The Morgan fingerprint density at radius 2 is 2.15 bits per heavy atom. The number of amides is 1. The van der Waals surface area contributed by atoms with Crippen molar-refractivity contribution in [2.24, 2.45) is 5.92 Å². The summed E-state index contributed by atoms with van der Waals surface area (Å²) in [7, 11) is 1.62. The first kappa shape index (κ1) is 17.7. The van der Waals surface area contributed by atoms with Gasteiger partial charge in [0, 0.05) is 32.2 Å². The van der Waals surface area contributed by atoms with Crippen LogP contribution in [0.4, 0.5) is 0 Å². The van der Waals surface area contributed by atoms with Gasteiger partial charge in [0.25, 0.3) is 5.91 Å². The van der Waals surface area contributed by atoms with Crippen molar-refractivity contribution >= 4 is 16.7 Å². The second-order valence-corrected chi connectivity index (χ2v) is 6.74. The van der Waals surface area contributed by atoms with E-state index in [1.807, 2.05) is 30.3 Å². The lowest BCUT2D eigenvalue weighted by atomic mass is 9.99. The molecule has 3 aromatic rings. The minimum atomic E-state index is -0.437. The predicted molar refractivity (Wildman–Crippen MR) is 101 cm³/mol. The third-order valence-electron chi connectivity index (χ3n) is 4.94. The highest BCUT2D eigenvalue weighted by atomic mass is 16.5. The van der Waals surface area contributed by atoms with Crippen LogP contribution in [0.5, 0.6) is 0 Å². The Bertz CT molecular complexity index is 925. The van der Waals surface area contributed by atoms with Gasteiger partial charge in [-0.25, -0.2) is 0 Å². The van der Waals surface area contributed by atoms with Crippen molar-refractivity contribution in [1.29, 1.82) is 0 Å². The van der Waals surface area contributed by atoms with Gasteiger partial charge >= 0.3 is 0 Å². The smallest absolute Gasteiger partial charge is 0.273 e. The molecule has 4 rings (SSSR count).